The third-order valence-electron chi connectivity index (χ3n) is 5.64. The highest BCUT2D eigenvalue weighted by atomic mass is 35.5. The van der Waals surface area contributed by atoms with Gasteiger partial charge in [-0.05, 0) is 49.1 Å². The normalized spacial score (nSPS) is 12.4. The molecule has 0 radical (unpaired) electrons. The van der Waals surface area contributed by atoms with Gasteiger partial charge in [0.1, 0.15) is 10.8 Å². The predicted molar refractivity (Wildman–Crippen MR) is 139 cm³/mol. The zero-order valence-corrected chi connectivity index (χ0v) is 20.3. The number of fused-ring (bicyclic) bond motifs is 1. The molecule has 1 aliphatic heterocycles. The lowest BCUT2D eigenvalue weighted by Gasteiger charge is -2.22. The number of anilines is 5. The minimum Gasteiger partial charge on any atom is -0.385 e. The standard InChI is InChI=1S/C26H24ClFN6O2/c1-3-12-30-25(36)19-8-6-9-21(28)23(19)32-24-20(27)15-31-26(33-24)34(16(2)35)18-11-10-17-7-4-5-13-29-22(17)14-18/h1,6,8-11,14-15,29H,4-5,7,12-13H2,2H3,(H,30,36)(H,31,32,33). The van der Waals surface area contributed by atoms with E-state index in [0.717, 1.165) is 31.5 Å². The van der Waals surface area contributed by atoms with Crippen molar-refractivity contribution in [1.82, 2.24) is 15.3 Å². The molecule has 2 heterocycles. The molecule has 3 N–H and O–H groups in total. The molecule has 10 heteroatoms. The van der Waals surface area contributed by atoms with Crippen molar-refractivity contribution in [3.05, 3.63) is 64.6 Å². The number of nitrogens with zero attached hydrogens (tertiary/aromatic N) is 3. The first-order valence-corrected chi connectivity index (χ1v) is 11.7. The van der Waals surface area contributed by atoms with E-state index in [1.165, 1.54) is 41.8 Å². The first-order valence-electron chi connectivity index (χ1n) is 11.4. The van der Waals surface area contributed by atoms with Crippen LogP contribution in [0.4, 0.5) is 33.2 Å². The average molecular weight is 507 g/mol. The van der Waals surface area contributed by atoms with E-state index in [4.69, 9.17) is 18.0 Å². The van der Waals surface area contributed by atoms with Gasteiger partial charge in [0.05, 0.1) is 29.7 Å². The summed E-state index contributed by atoms with van der Waals surface area (Å²) in [6.45, 7) is 2.23. The Bertz CT molecular complexity index is 1360. The van der Waals surface area contributed by atoms with Gasteiger partial charge in [-0.15, -0.1) is 6.42 Å². The van der Waals surface area contributed by atoms with E-state index in [0.29, 0.717) is 5.69 Å². The van der Waals surface area contributed by atoms with Gasteiger partial charge in [-0.3, -0.25) is 9.59 Å². The molecule has 1 aromatic heterocycles. The van der Waals surface area contributed by atoms with E-state index in [1.807, 2.05) is 18.2 Å². The molecule has 4 rings (SSSR count). The average Bonchev–Trinajstić information content (AvgIpc) is 3.10. The summed E-state index contributed by atoms with van der Waals surface area (Å²) in [4.78, 5) is 35.2. The Morgan fingerprint density at radius 2 is 2.11 bits per heavy atom. The van der Waals surface area contributed by atoms with Crippen LogP contribution in [0.1, 0.15) is 35.7 Å². The minimum atomic E-state index is -0.695. The number of para-hydroxylation sites is 1. The second-order valence-corrected chi connectivity index (χ2v) is 8.53. The summed E-state index contributed by atoms with van der Waals surface area (Å²) < 4.78 is 14.8. The molecule has 0 unspecified atom stereocenters. The first kappa shape index (κ1) is 24.9. The Morgan fingerprint density at radius 3 is 2.89 bits per heavy atom. The van der Waals surface area contributed by atoms with Crippen molar-refractivity contribution in [3.63, 3.8) is 0 Å². The number of rotatable bonds is 6. The summed E-state index contributed by atoms with van der Waals surface area (Å²) in [5.41, 5.74) is 2.58. The van der Waals surface area contributed by atoms with Crippen LogP contribution in [-0.4, -0.2) is 34.9 Å². The highest BCUT2D eigenvalue weighted by Crippen LogP contribution is 2.33. The molecule has 184 valence electrons. The van der Waals surface area contributed by atoms with E-state index in [1.54, 1.807) is 0 Å². The van der Waals surface area contributed by atoms with Gasteiger partial charge >= 0.3 is 0 Å². The number of carbonyl (C=O) groups excluding carboxylic acids is 2. The smallest absolute Gasteiger partial charge is 0.254 e. The van der Waals surface area contributed by atoms with Gasteiger partial charge in [-0.1, -0.05) is 29.7 Å². The highest BCUT2D eigenvalue weighted by Gasteiger charge is 2.22. The van der Waals surface area contributed by atoms with Gasteiger partial charge in [0.25, 0.3) is 5.91 Å². The predicted octanol–water partition coefficient (Wildman–Crippen LogP) is 4.81. The Balaban J connectivity index is 1.71. The fraction of sp³-hybridized carbons (Fsp3) is 0.231. The fourth-order valence-electron chi connectivity index (χ4n) is 3.93. The van der Waals surface area contributed by atoms with Gasteiger partial charge in [0.15, 0.2) is 5.82 Å². The van der Waals surface area contributed by atoms with Crippen LogP contribution in [0.25, 0.3) is 0 Å². The first-order chi connectivity index (χ1) is 17.4. The van der Waals surface area contributed by atoms with Crippen LogP contribution in [0.3, 0.4) is 0 Å². The summed E-state index contributed by atoms with van der Waals surface area (Å²) in [5, 5.41) is 8.77. The molecule has 8 nitrogen and oxygen atoms in total. The molecule has 0 saturated heterocycles. The van der Waals surface area contributed by atoms with Crippen LogP contribution in [-0.2, 0) is 11.2 Å². The molecule has 0 atom stereocenters. The Hall–Kier alpha value is -4.16. The van der Waals surface area contributed by atoms with Crippen molar-refractivity contribution < 1.29 is 14.0 Å². The topological polar surface area (TPSA) is 99.3 Å². The molecule has 0 bridgehead atoms. The maximum atomic E-state index is 14.8. The second-order valence-electron chi connectivity index (χ2n) is 8.12. The van der Waals surface area contributed by atoms with Crippen molar-refractivity contribution in [2.45, 2.75) is 26.2 Å². The van der Waals surface area contributed by atoms with Crippen molar-refractivity contribution in [1.29, 1.82) is 0 Å². The van der Waals surface area contributed by atoms with E-state index in [2.05, 4.69) is 31.8 Å². The van der Waals surface area contributed by atoms with Gasteiger partial charge < -0.3 is 16.0 Å². The molecular weight excluding hydrogens is 483 g/mol. The zero-order valence-electron chi connectivity index (χ0n) is 19.6. The lowest BCUT2D eigenvalue weighted by molar-refractivity contribution is -0.115. The van der Waals surface area contributed by atoms with Crippen LogP contribution < -0.4 is 20.9 Å². The molecular formula is C26H24ClFN6O2. The van der Waals surface area contributed by atoms with Crippen molar-refractivity contribution in [2.24, 2.45) is 0 Å². The number of halogens is 2. The van der Waals surface area contributed by atoms with Gasteiger partial charge in [0.2, 0.25) is 11.9 Å². The van der Waals surface area contributed by atoms with Gasteiger partial charge in [-0.2, -0.15) is 4.98 Å². The molecule has 3 aromatic rings. The van der Waals surface area contributed by atoms with Crippen LogP contribution in [0.5, 0.6) is 0 Å². The van der Waals surface area contributed by atoms with Crippen molar-refractivity contribution in [3.8, 4) is 12.3 Å². The van der Waals surface area contributed by atoms with Crippen LogP contribution >= 0.6 is 11.6 Å². The van der Waals surface area contributed by atoms with Crippen LogP contribution in [0.15, 0.2) is 42.6 Å². The monoisotopic (exact) mass is 506 g/mol. The summed E-state index contributed by atoms with van der Waals surface area (Å²) in [7, 11) is 0. The lowest BCUT2D eigenvalue weighted by atomic mass is 10.1. The number of aromatic nitrogens is 2. The summed E-state index contributed by atoms with van der Waals surface area (Å²) in [6.07, 6.45) is 9.62. The number of aryl methyl sites for hydroxylation is 1. The fourth-order valence-corrected chi connectivity index (χ4v) is 4.06. The number of nitrogens with one attached hydrogen (secondary N) is 3. The number of carbonyl (C=O) groups is 2. The molecule has 0 aliphatic carbocycles. The number of hydrogen-bond acceptors (Lipinski definition) is 6. The number of hydrogen-bond donors (Lipinski definition) is 3. The molecule has 0 fully saturated rings. The quantitative estimate of drug-likeness (QED) is 0.415. The van der Waals surface area contributed by atoms with E-state index in [-0.39, 0.29) is 40.5 Å². The number of benzene rings is 2. The minimum absolute atomic E-state index is 0.0155. The Labute approximate surface area is 213 Å². The summed E-state index contributed by atoms with van der Waals surface area (Å²) in [6, 6.07) is 9.75. The molecule has 2 aromatic carbocycles. The van der Waals surface area contributed by atoms with Crippen molar-refractivity contribution >= 4 is 52.2 Å². The molecule has 2 amide bonds. The molecule has 0 spiro atoms. The zero-order chi connectivity index (χ0) is 25.7. The van der Waals surface area contributed by atoms with Gasteiger partial charge in [-0.25, -0.2) is 14.3 Å². The summed E-state index contributed by atoms with van der Waals surface area (Å²) >= 11 is 6.31. The second kappa shape index (κ2) is 11.1. The SMILES string of the molecule is C#CCNC(=O)c1cccc(F)c1Nc1nc(N(C(C)=O)c2ccc3c(c2)NCCCC3)ncc1Cl. The lowest BCUT2D eigenvalue weighted by Crippen LogP contribution is -2.26. The Morgan fingerprint density at radius 1 is 1.28 bits per heavy atom. The summed E-state index contributed by atoms with van der Waals surface area (Å²) in [5.74, 6) is 0.781. The third kappa shape index (κ3) is 5.39. The maximum Gasteiger partial charge on any atom is 0.254 e. The van der Waals surface area contributed by atoms with E-state index in [9.17, 15) is 14.0 Å². The van der Waals surface area contributed by atoms with Gasteiger partial charge in [0, 0.05) is 19.2 Å². The van der Waals surface area contributed by atoms with E-state index < -0.39 is 11.7 Å². The van der Waals surface area contributed by atoms with E-state index >= 15 is 0 Å². The molecule has 1 aliphatic rings. The number of amides is 2. The van der Waals surface area contributed by atoms with Crippen molar-refractivity contribution in [2.75, 3.05) is 28.6 Å². The van der Waals surface area contributed by atoms with Crippen LogP contribution in [0, 0.1) is 18.2 Å². The maximum absolute atomic E-state index is 14.8. The highest BCUT2D eigenvalue weighted by molar-refractivity contribution is 6.33. The molecule has 0 saturated carbocycles. The Kier molecular flexibility index (Phi) is 7.66. The molecule has 36 heavy (non-hydrogen) atoms. The third-order valence-corrected chi connectivity index (χ3v) is 5.92. The largest absolute Gasteiger partial charge is 0.385 e. The van der Waals surface area contributed by atoms with Crippen LogP contribution in [0.2, 0.25) is 5.02 Å². The number of terminal acetylenes is 1.